The molecule has 124 valence electrons. The van der Waals surface area contributed by atoms with Gasteiger partial charge in [0.1, 0.15) is 0 Å². The Morgan fingerprint density at radius 1 is 1.29 bits per heavy atom. The van der Waals surface area contributed by atoms with Gasteiger partial charge in [0.2, 0.25) is 0 Å². The second kappa shape index (κ2) is 7.07. The Morgan fingerprint density at radius 3 is 2.88 bits per heavy atom. The number of nitrogens with one attached hydrogen (secondary N) is 2. The predicted molar refractivity (Wildman–Crippen MR) is 96.6 cm³/mol. The molecule has 1 aromatic carbocycles. The second-order valence-electron chi connectivity index (χ2n) is 5.22. The molecule has 0 atom stereocenters. The number of aromatic nitrogens is 1. The quantitative estimate of drug-likeness (QED) is 0.687. The number of nitrogens with zero attached hydrogens (tertiary/aromatic N) is 1. The minimum atomic E-state index is -0.285. The van der Waals surface area contributed by atoms with E-state index in [4.69, 9.17) is 16.0 Å². The van der Waals surface area contributed by atoms with Crippen LogP contribution < -0.4 is 10.6 Å². The first-order valence-electron chi connectivity index (χ1n) is 7.34. The van der Waals surface area contributed by atoms with Crippen molar-refractivity contribution in [2.75, 3.05) is 5.32 Å². The van der Waals surface area contributed by atoms with Gasteiger partial charge in [0.15, 0.2) is 10.8 Å². The zero-order chi connectivity index (χ0) is 17.1. The van der Waals surface area contributed by atoms with Gasteiger partial charge < -0.3 is 15.1 Å². The number of furan rings is 1. The normalized spacial score (nSPS) is 10.6. The molecule has 2 heterocycles. The van der Waals surface area contributed by atoms with Gasteiger partial charge in [-0.05, 0) is 43.7 Å². The summed E-state index contributed by atoms with van der Waals surface area (Å²) in [5.41, 5.74) is 2.41. The van der Waals surface area contributed by atoms with E-state index in [1.54, 1.807) is 18.4 Å². The van der Waals surface area contributed by atoms with Crippen molar-refractivity contribution in [2.24, 2.45) is 0 Å². The summed E-state index contributed by atoms with van der Waals surface area (Å²) >= 11 is 7.56. The number of aryl methyl sites for hydroxylation is 1. The third kappa shape index (κ3) is 3.60. The Balaban J connectivity index is 1.63. The number of urea groups is 1. The van der Waals surface area contributed by atoms with Crippen molar-refractivity contribution in [3.8, 4) is 10.8 Å². The highest BCUT2D eigenvalue weighted by molar-refractivity contribution is 7.15. The van der Waals surface area contributed by atoms with Crippen molar-refractivity contribution in [2.45, 2.75) is 20.4 Å². The summed E-state index contributed by atoms with van der Waals surface area (Å²) in [6.45, 7) is 4.18. The summed E-state index contributed by atoms with van der Waals surface area (Å²) in [7, 11) is 0. The van der Waals surface area contributed by atoms with E-state index in [-0.39, 0.29) is 6.03 Å². The Morgan fingerprint density at radius 2 is 2.12 bits per heavy atom. The van der Waals surface area contributed by atoms with Crippen molar-refractivity contribution in [3.05, 3.63) is 57.8 Å². The molecular weight excluding hydrogens is 346 g/mol. The molecule has 0 spiro atoms. The molecule has 0 saturated heterocycles. The van der Waals surface area contributed by atoms with Crippen LogP contribution in [0.15, 0.2) is 41.0 Å². The maximum absolute atomic E-state index is 12.1. The molecule has 2 amide bonds. The molecule has 0 aliphatic rings. The summed E-state index contributed by atoms with van der Waals surface area (Å²) in [5, 5.41) is 7.07. The van der Waals surface area contributed by atoms with Crippen molar-refractivity contribution in [3.63, 3.8) is 0 Å². The molecule has 5 nitrogen and oxygen atoms in total. The van der Waals surface area contributed by atoms with E-state index >= 15 is 0 Å². The van der Waals surface area contributed by atoms with E-state index in [1.165, 1.54) is 11.3 Å². The molecule has 0 saturated carbocycles. The van der Waals surface area contributed by atoms with Crippen LogP contribution in [-0.4, -0.2) is 11.0 Å². The Labute approximate surface area is 148 Å². The van der Waals surface area contributed by atoms with Crippen LogP contribution in [0.3, 0.4) is 0 Å². The first-order valence-corrected chi connectivity index (χ1v) is 8.54. The Hall–Kier alpha value is -2.31. The lowest BCUT2D eigenvalue weighted by Crippen LogP contribution is -2.28. The average Bonchev–Trinajstić information content (AvgIpc) is 3.19. The summed E-state index contributed by atoms with van der Waals surface area (Å²) in [6, 6.07) is 8.81. The monoisotopic (exact) mass is 361 g/mol. The van der Waals surface area contributed by atoms with E-state index in [2.05, 4.69) is 15.6 Å². The van der Waals surface area contributed by atoms with Gasteiger partial charge in [0.25, 0.3) is 0 Å². The number of carbonyl (C=O) groups is 1. The van der Waals surface area contributed by atoms with Gasteiger partial charge in [0.05, 0.1) is 18.5 Å². The number of halogens is 1. The number of rotatable bonds is 4. The number of hydrogen-bond acceptors (Lipinski definition) is 4. The number of anilines is 1. The molecule has 7 heteroatoms. The maximum Gasteiger partial charge on any atom is 0.319 e. The molecule has 3 aromatic rings. The minimum absolute atomic E-state index is 0.285. The lowest BCUT2D eigenvalue weighted by atomic mass is 10.2. The van der Waals surface area contributed by atoms with E-state index in [0.29, 0.717) is 17.3 Å². The van der Waals surface area contributed by atoms with Gasteiger partial charge in [-0.25, -0.2) is 9.78 Å². The smallest absolute Gasteiger partial charge is 0.319 e. The highest BCUT2D eigenvalue weighted by atomic mass is 35.5. The summed E-state index contributed by atoms with van der Waals surface area (Å²) in [4.78, 5) is 17.6. The largest absolute Gasteiger partial charge is 0.462 e. The average molecular weight is 362 g/mol. The molecule has 0 aliphatic heterocycles. The molecular formula is C17H16ClN3O2S. The maximum atomic E-state index is 12.1. The van der Waals surface area contributed by atoms with Crippen LogP contribution in [0.1, 0.15) is 16.1 Å². The number of carbonyl (C=O) groups excluding carboxylic acids is 1. The van der Waals surface area contributed by atoms with E-state index in [0.717, 1.165) is 26.9 Å². The van der Waals surface area contributed by atoms with E-state index in [9.17, 15) is 4.79 Å². The standard InChI is InChI=1S/C17H16ClN3O2S/c1-10-12(18)5-3-6-13(10)21-17(22)19-9-15-11(2)20-16(24-15)14-7-4-8-23-14/h3-8H,9H2,1-2H3,(H2,19,21,22). The molecule has 0 fully saturated rings. The molecule has 3 rings (SSSR count). The number of benzene rings is 1. The lowest BCUT2D eigenvalue weighted by Gasteiger charge is -2.10. The summed E-state index contributed by atoms with van der Waals surface area (Å²) < 4.78 is 5.35. The van der Waals surface area contributed by atoms with E-state index < -0.39 is 0 Å². The Kier molecular flexibility index (Phi) is 4.87. The fourth-order valence-corrected chi connectivity index (χ4v) is 3.31. The summed E-state index contributed by atoms with van der Waals surface area (Å²) in [5.74, 6) is 0.730. The van der Waals surface area contributed by atoms with Crippen LogP contribution in [0.5, 0.6) is 0 Å². The third-order valence-corrected chi connectivity index (χ3v) is 5.13. The first-order chi connectivity index (χ1) is 11.5. The van der Waals surface area contributed by atoms with Gasteiger partial charge in [-0.2, -0.15) is 0 Å². The third-order valence-electron chi connectivity index (χ3n) is 3.55. The van der Waals surface area contributed by atoms with Crippen molar-refractivity contribution >= 4 is 34.7 Å². The van der Waals surface area contributed by atoms with Crippen LogP contribution in [0.4, 0.5) is 10.5 Å². The zero-order valence-electron chi connectivity index (χ0n) is 13.2. The van der Waals surface area contributed by atoms with Crippen LogP contribution in [0.2, 0.25) is 5.02 Å². The van der Waals surface area contributed by atoms with Crippen LogP contribution >= 0.6 is 22.9 Å². The van der Waals surface area contributed by atoms with Crippen molar-refractivity contribution < 1.29 is 9.21 Å². The van der Waals surface area contributed by atoms with Gasteiger partial charge >= 0.3 is 6.03 Å². The van der Waals surface area contributed by atoms with Gasteiger partial charge in [0, 0.05) is 15.6 Å². The molecule has 2 aromatic heterocycles. The molecule has 0 unspecified atom stereocenters. The fraction of sp³-hybridized carbons (Fsp3) is 0.176. The highest BCUT2D eigenvalue weighted by Gasteiger charge is 2.13. The first kappa shape index (κ1) is 16.5. The number of thiazole rings is 1. The highest BCUT2D eigenvalue weighted by Crippen LogP contribution is 2.28. The van der Waals surface area contributed by atoms with Crippen LogP contribution in [-0.2, 0) is 6.54 Å². The lowest BCUT2D eigenvalue weighted by molar-refractivity contribution is 0.252. The topological polar surface area (TPSA) is 67.2 Å². The summed E-state index contributed by atoms with van der Waals surface area (Å²) in [6.07, 6.45) is 1.62. The molecule has 0 radical (unpaired) electrons. The van der Waals surface area contributed by atoms with E-state index in [1.807, 2.05) is 32.0 Å². The molecule has 24 heavy (non-hydrogen) atoms. The van der Waals surface area contributed by atoms with Gasteiger partial charge in [-0.1, -0.05) is 17.7 Å². The number of hydrogen-bond donors (Lipinski definition) is 2. The zero-order valence-corrected chi connectivity index (χ0v) is 14.8. The van der Waals surface area contributed by atoms with Crippen LogP contribution in [0, 0.1) is 13.8 Å². The molecule has 0 aliphatic carbocycles. The van der Waals surface area contributed by atoms with Crippen molar-refractivity contribution in [1.29, 1.82) is 0 Å². The Bertz CT molecular complexity index is 859. The fourth-order valence-electron chi connectivity index (χ4n) is 2.17. The minimum Gasteiger partial charge on any atom is -0.462 e. The van der Waals surface area contributed by atoms with Gasteiger partial charge in [-0.15, -0.1) is 11.3 Å². The van der Waals surface area contributed by atoms with Crippen molar-refractivity contribution in [1.82, 2.24) is 10.3 Å². The SMILES string of the molecule is Cc1nc(-c2ccco2)sc1CNC(=O)Nc1cccc(Cl)c1C. The molecule has 0 bridgehead atoms. The number of amides is 2. The van der Waals surface area contributed by atoms with Gasteiger partial charge in [-0.3, -0.25) is 0 Å². The van der Waals surface area contributed by atoms with Crippen LogP contribution in [0.25, 0.3) is 10.8 Å². The molecule has 2 N–H and O–H groups in total. The predicted octanol–water partition coefficient (Wildman–Crippen LogP) is 5.00. The second-order valence-corrected chi connectivity index (χ2v) is 6.72.